The molecule has 4 nitrogen and oxygen atoms in total. The van der Waals surface area contributed by atoms with Gasteiger partial charge in [-0.3, -0.25) is 0 Å². The summed E-state index contributed by atoms with van der Waals surface area (Å²) in [5, 5.41) is 8.74. The summed E-state index contributed by atoms with van der Waals surface area (Å²) in [6.07, 6.45) is 2.34. The number of rotatable bonds is 4. The second-order valence-electron chi connectivity index (χ2n) is 2.51. The fourth-order valence-electron chi connectivity index (χ4n) is 0.867. The van der Waals surface area contributed by atoms with Crippen molar-refractivity contribution >= 4 is 18.4 Å². The van der Waals surface area contributed by atoms with Gasteiger partial charge in [-0.05, 0) is 18.6 Å². The maximum Gasteiger partial charge on any atom is 0.341 e. The number of nitrogens with zero attached hydrogens (tertiary/aromatic N) is 1. The molecule has 1 rings (SSSR count). The van der Waals surface area contributed by atoms with Gasteiger partial charge in [0, 0.05) is 6.20 Å². The van der Waals surface area contributed by atoms with Crippen molar-refractivity contribution in [2.24, 2.45) is 0 Å². The van der Waals surface area contributed by atoms with Crippen LogP contribution in [0.5, 0.6) is 5.88 Å². The minimum absolute atomic E-state index is 0. The molecule has 1 heterocycles. The van der Waals surface area contributed by atoms with E-state index in [9.17, 15) is 4.79 Å². The smallest absolute Gasteiger partial charge is 0.341 e. The summed E-state index contributed by atoms with van der Waals surface area (Å²) in [6.45, 7) is 2.43. The largest absolute Gasteiger partial charge is 0.477 e. The molecule has 78 valence electrons. The number of aromatic carboxylic acids is 1. The Morgan fingerprint density at radius 1 is 1.64 bits per heavy atom. The highest BCUT2D eigenvalue weighted by Gasteiger charge is 2.10. The molecule has 0 unspecified atom stereocenters. The number of carboxylic acids is 1. The number of carboxylic acid groups (broad SMARTS) is 1. The summed E-state index contributed by atoms with van der Waals surface area (Å²) in [6, 6.07) is 3.04. The molecule has 0 aromatic carbocycles. The van der Waals surface area contributed by atoms with Crippen molar-refractivity contribution in [3.8, 4) is 5.88 Å². The molecule has 0 spiro atoms. The highest BCUT2D eigenvalue weighted by atomic mass is 35.5. The van der Waals surface area contributed by atoms with E-state index >= 15 is 0 Å². The van der Waals surface area contributed by atoms with Gasteiger partial charge in [0.1, 0.15) is 5.56 Å². The fourth-order valence-corrected chi connectivity index (χ4v) is 0.867. The van der Waals surface area contributed by atoms with Gasteiger partial charge in [-0.25, -0.2) is 9.78 Å². The number of ether oxygens (including phenoxy) is 1. The number of aromatic nitrogens is 1. The Kier molecular flexibility index (Phi) is 5.64. The third-order valence-corrected chi connectivity index (χ3v) is 1.44. The van der Waals surface area contributed by atoms with Crippen LogP contribution in [0.3, 0.4) is 0 Å². The standard InChI is InChI=1S/C9H11NO3.ClH/c1-2-6-13-8-7(9(11)12)4-3-5-10-8;/h3-5H,2,6H2,1H3,(H,11,12);1H. The topological polar surface area (TPSA) is 59.4 Å². The van der Waals surface area contributed by atoms with Gasteiger partial charge in [-0.15, -0.1) is 12.4 Å². The minimum atomic E-state index is -1.01. The Labute approximate surface area is 88.3 Å². The van der Waals surface area contributed by atoms with Crippen LogP contribution in [-0.2, 0) is 0 Å². The molecule has 0 amide bonds. The number of carbonyl (C=O) groups is 1. The number of hydrogen-bond donors (Lipinski definition) is 1. The summed E-state index contributed by atoms with van der Waals surface area (Å²) < 4.78 is 5.16. The predicted molar refractivity (Wildman–Crippen MR) is 54.2 cm³/mol. The first-order valence-corrected chi connectivity index (χ1v) is 4.06. The molecule has 1 aromatic rings. The molecule has 14 heavy (non-hydrogen) atoms. The molecule has 1 aromatic heterocycles. The zero-order valence-corrected chi connectivity index (χ0v) is 8.58. The maximum absolute atomic E-state index is 10.7. The van der Waals surface area contributed by atoms with Crippen LogP contribution in [0.4, 0.5) is 0 Å². The van der Waals surface area contributed by atoms with Crippen molar-refractivity contribution in [1.82, 2.24) is 4.98 Å². The van der Waals surface area contributed by atoms with E-state index in [1.807, 2.05) is 6.92 Å². The molecule has 0 atom stereocenters. The van der Waals surface area contributed by atoms with E-state index < -0.39 is 5.97 Å². The Morgan fingerprint density at radius 3 is 2.93 bits per heavy atom. The van der Waals surface area contributed by atoms with Crippen molar-refractivity contribution in [2.45, 2.75) is 13.3 Å². The van der Waals surface area contributed by atoms with Gasteiger partial charge in [-0.2, -0.15) is 0 Å². The van der Waals surface area contributed by atoms with Gasteiger partial charge in [0.05, 0.1) is 6.61 Å². The van der Waals surface area contributed by atoms with Gasteiger partial charge in [0.2, 0.25) is 5.88 Å². The minimum Gasteiger partial charge on any atom is -0.477 e. The molecule has 0 saturated heterocycles. The second kappa shape index (κ2) is 6.21. The van der Waals surface area contributed by atoms with Gasteiger partial charge in [0.15, 0.2) is 0 Å². The molecule has 5 heteroatoms. The van der Waals surface area contributed by atoms with E-state index in [4.69, 9.17) is 9.84 Å². The van der Waals surface area contributed by atoms with Crippen LogP contribution in [0.2, 0.25) is 0 Å². The average molecular weight is 218 g/mol. The summed E-state index contributed by atoms with van der Waals surface area (Å²) in [7, 11) is 0. The van der Waals surface area contributed by atoms with Crippen LogP contribution >= 0.6 is 12.4 Å². The first-order chi connectivity index (χ1) is 6.25. The summed E-state index contributed by atoms with van der Waals surface area (Å²) in [5.41, 5.74) is 0.107. The molecule has 0 bridgehead atoms. The molecule has 0 aliphatic heterocycles. The van der Waals surface area contributed by atoms with E-state index in [0.29, 0.717) is 6.61 Å². The van der Waals surface area contributed by atoms with Crippen molar-refractivity contribution in [2.75, 3.05) is 6.61 Å². The first-order valence-electron chi connectivity index (χ1n) is 4.06. The average Bonchev–Trinajstić information content (AvgIpc) is 2.15. The van der Waals surface area contributed by atoms with Crippen LogP contribution in [0.1, 0.15) is 23.7 Å². The summed E-state index contributed by atoms with van der Waals surface area (Å²) in [4.78, 5) is 14.5. The van der Waals surface area contributed by atoms with Crippen LogP contribution in [0, 0.1) is 0 Å². The third kappa shape index (κ3) is 3.22. The van der Waals surface area contributed by atoms with Crippen molar-refractivity contribution in [3.05, 3.63) is 23.9 Å². The van der Waals surface area contributed by atoms with Gasteiger partial charge < -0.3 is 9.84 Å². The van der Waals surface area contributed by atoms with Crippen molar-refractivity contribution in [3.63, 3.8) is 0 Å². The molecule has 0 saturated carbocycles. The zero-order valence-electron chi connectivity index (χ0n) is 7.77. The normalized spacial score (nSPS) is 8.93. The molecular weight excluding hydrogens is 206 g/mol. The van der Waals surface area contributed by atoms with E-state index in [1.165, 1.54) is 12.3 Å². The Hall–Kier alpha value is -1.29. The highest BCUT2D eigenvalue weighted by molar-refractivity contribution is 5.90. The van der Waals surface area contributed by atoms with Gasteiger partial charge >= 0.3 is 5.97 Å². The quantitative estimate of drug-likeness (QED) is 0.838. The summed E-state index contributed by atoms with van der Waals surface area (Å²) >= 11 is 0. The van der Waals surface area contributed by atoms with Crippen LogP contribution in [0.25, 0.3) is 0 Å². The van der Waals surface area contributed by atoms with Crippen LogP contribution in [-0.4, -0.2) is 22.7 Å². The van der Waals surface area contributed by atoms with E-state index in [1.54, 1.807) is 6.07 Å². The molecule has 1 N–H and O–H groups in total. The molecule has 0 radical (unpaired) electrons. The molecule has 0 aliphatic rings. The highest BCUT2D eigenvalue weighted by Crippen LogP contribution is 2.13. The lowest BCUT2D eigenvalue weighted by Crippen LogP contribution is -2.05. The Balaban J connectivity index is 0.00000169. The molecule has 0 fully saturated rings. The lowest BCUT2D eigenvalue weighted by Gasteiger charge is -2.05. The number of hydrogen-bond acceptors (Lipinski definition) is 3. The SMILES string of the molecule is CCCOc1ncccc1C(=O)O.Cl. The fraction of sp³-hybridized carbons (Fsp3) is 0.333. The lowest BCUT2D eigenvalue weighted by molar-refractivity contribution is 0.0691. The second-order valence-corrected chi connectivity index (χ2v) is 2.51. The maximum atomic E-state index is 10.7. The molecular formula is C9H12ClNO3. The predicted octanol–water partition coefficient (Wildman–Crippen LogP) is 1.99. The van der Waals surface area contributed by atoms with E-state index in [-0.39, 0.29) is 23.9 Å². The number of pyridine rings is 1. The van der Waals surface area contributed by atoms with E-state index in [0.717, 1.165) is 6.42 Å². The van der Waals surface area contributed by atoms with Crippen LogP contribution in [0.15, 0.2) is 18.3 Å². The first kappa shape index (κ1) is 12.7. The van der Waals surface area contributed by atoms with Gasteiger partial charge in [-0.1, -0.05) is 6.92 Å². The van der Waals surface area contributed by atoms with Crippen molar-refractivity contribution < 1.29 is 14.6 Å². The number of halogens is 1. The Morgan fingerprint density at radius 2 is 2.36 bits per heavy atom. The van der Waals surface area contributed by atoms with E-state index in [2.05, 4.69) is 4.98 Å². The lowest BCUT2D eigenvalue weighted by atomic mass is 10.3. The molecule has 0 aliphatic carbocycles. The Bertz CT molecular complexity index is 304. The third-order valence-electron chi connectivity index (χ3n) is 1.44. The summed E-state index contributed by atoms with van der Waals surface area (Å²) in [5.74, 6) is -0.823. The monoisotopic (exact) mass is 217 g/mol. The zero-order chi connectivity index (χ0) is 9.68. The van der Waals surface area contributed by atoms with Crippen molar-refractivity contribution in [1.29, 1.82) is 0 Å². The van der Waals surface area contributed by atoms with Crippen LogP contribution < -0.4 is 4.74 Å². The van der Waals surface area contributed by atoms with Gasteiger partial charge in [0.25, 0.3) is 0 Å².